The summed E-state index contributed by atoms with van der Waals surface area (Å²) < 4.78 is 10.5. The Kier molecular flexibility index (Phi) is 6.50. The fraction of sp³-hybridized carbons (Fsp3) is 0.200. The molecule has 1 heterocycles. The van der Waals surface area contributed by atoms with Gasteiger partial charge in [0.2, 0.25) is 11.7 Å². The van der Waals surface area contributed by atoms with E-state index in [4.69, 9.17) is 9.26 Å². The maximum Gasteiger partial charge on any atom is 0.285 e. The summed E-state index contributed by atoms with van der Waals surface area (Å²) in [5.41, 5.74) is 1.14. The van der Waals surface area contributed by atoms with Gasteiger partial charge in [0.05, 0.1) is 0 Å². The molecule has 0 radical (unpaired) electrons. The Morgan fingerprint density at radius 3 is 2.38 bits per heavy atom. The third kappa shape index (κ3) is 5.82. The number of thioether (sulfide) groups is 1. The number of nitrogens with one attached hydrogen (secondary N) is 1. The molecular weight excluding hydrogens is 392 g/mol. The maximum absolute atomic E-state index is 12.4. The fourth-order valence-electron chi connectivity index (χ4n) is 2.25. The van der Waals surface area contributed by atoms with E-state index in [1.807, 2.05) is 0 Å². The van der Waals surface area contributed by atoms with Gasteiger partial charge in [-0.05, 0) is 60.3 Å². The predicted molar refractivity (Wildman–Crippen MR) is 109 cm³/mol. The number of carbonyl (C=O) groups is 2. The lowest BCUT2D eigenvalue weighted by molar-refractivity contribution is 0.102. The third-order valence-electron chi connectivity index (χ3n) is 3.74. The van der Waals surface area contributed by atoms with E-state index in [0.29, 0.717) is 28.7 Å². The first kappa shape index (κ1) is 20.4. The standard InChI is InChI=1S/C20H20N4O4S/c1-13-21-18(23-28-13)12-27-16-8-4-14(5-9-16)19(25)22-15-6-10-17(11-7-15)29-20(26)24(2)3/h4-11H,12H2,1-3H3,(H,22,25). The summed E-state index contributed by atoms with van der Waals surface area (Å²) in [6.45, 7) is 1.89. The number of benzene rings is 2. The van der Waals surface area contributed by atoms with Crippen molar-refractivity contribution in [3.63, 3.8) is 0 Å². The lowest BCUT2D eigenvalue weighted by Gasteiger charge is -2.10. The number of ether oxygens (including phenoxy) is 1. The molecule has 29 heavy (non-hydrogen) atoms. The van der Waals surface area contributed by atoms with Crippen molar-refractivity contribution >= 4 is 28.6 Å². The van der Waals surface area contributed by atoms with Crippen molar-refractivity contribution in [2.45, 2.75) is 18.4 Å². The zero-order valence-electron chi connectivity index (χ0n) is 16.2. The van der Waals surface area contributed by atoms with Gasteiger partial charge in [-0.1, -0.05) is 5.16 Å². The molecule has 8 nitrogen and oxygen atoms in total. The molecule has 0 atom stereocenters. The van der Waals surface area contributed by atoms with Crippen molar-refractivity contribution in [2.24, 2.45) is 0 Å². The second kappa shape index (κ2) is 9.24. The Morgan fingerprint density at radius 1 is 1.10 bits per heavy atom. The van der Waals surface area contributed by atoms with Gasteiger partial charge in [-0.25, -0.2) is 0 Å². The van der Waals surface area contributed by atoms with Crippen LogP contribution >= 0.6 is 11.8 Å². The average Bonchev–Trinajstić information content (AvgIpc) is 3.13. The van der Waals surface area contributed by atoms with Gasteiger partial charge in [-0.15, -0.1) is 0 Å². The monoisotopic (exact) mass is 412 g/mol. The van der Waals surface area contributed by atoms with Crippen molar-refractivity contribution in [3.8, 4) is 5.75 Å². The van der Waals surface area contributed by atoms with Crippen LogP contribution in [0.2, 0.25) is 0 Å². The first-order valence-electron chi connectivity index (χ1n) is 8.73. The Bertz CT molecular complexity index is 984. The van der Waals surface area contributed by atoms with Crippen molar-refractivity contribution < 1.29 is 18.8 Å². The molecule has 0 saturated heterocycles. The molecule has 2 amide bonds. The van der Waals surface area contributed by atoms with Gasteiger partial charge < -0.3 is 19.5 Å². The van der Waals surface area contributed by atoms with E-state index in [1.54, 1.807) is 69.6 Å². The van der Waals surface area contributed by atoms with E-state index in [1.165, 1.54) is 4.90 Å². The third-order valence-corrected chi connectivity index (χ3v) is 4.78. The van der Waals surface area contributed by atoms with Crippen LogP contribution in [-0.2, 0) is 6.61 Å². The number of hydrogen-bond donors (Lipinski definition) is 1. The molecule has 0 unspecified atom stereocenters. The second-order valence-corrected chi connectivity index (χ2v) is 7.31. The van der Waals surface area contributed by atoms with Gasteiger partial charge in [-0.3, -0.25) is 9.59 Å². The Hall–Kier alpha value is -3.33. The molecule has 3 aromatic rings. The highest BCUT2D eigenvalue weighted by Crippen LogP contribution is 2.23. The van der Waals surface area contributed by atoms with Crippen LogP contribution in [0, 0.1) is 6.92 Å². The van der Waals surface area contributed by atoms with Crippen LogP contribution in [0.5, 0.6) is 5.75 Å². The van der Waals surface area contributed by atoms with Crippen molar-refractivity contribution in [3.05, 3.63) is 65.8 Å². The molecular formula is C20H20N4O4S. The van der Waals surface area contributed by atoms with E-state index < -0.39 is 0 Å². The number of rotatable bonds is 6. The van der Waals surface area contributed by atoms with E-state index in [9.17, 15) is 9.59 Å². The molecule has 0 aliphatic heterocycles. The molecule has 0 aliphatic rings. The van der Waals surface area contributed by atoms with Crippen molar-refractivity contribution in [1.82, 2.24) is 15.0 Å². The van der Waals surface area contributed by atoms with Crippen LogP contribution in [0.1, 0.15) is 22.1 Å². The normalized spacial score (nSPS) is 10.4. The zero-order chi connectivity index (χ0) is 20.8. The summed E-state index contributed by atoms with van der Waals surface area (Å²) in [5, 5.41) is 6.52. The minimum absolute atomic E-state index is 0.0569. The van der Waals surface area contributed by atoms with Crippen LogP contribution in [0.3, 0.4) is 0 Å². The quantitative estimate of drug-likeness (QED) is 0.612. The largest absolute Gasteiger partial charge is 0.485 e. The molecule has 3 rings (SSSR count). The average molecular weight is 412 g/mol. The smallest absolute Gasteiger partial charge is 0.285 e. The summed E-state index contributed by atoms with van der Waals surface area (Å²) >= 11 is 1.13. The molecule has 2 aromatic carbocycles. The number of hydrogen-bond acceptors (Lipinski definition) is 7. The molecule has 1 N–H and O–H groups in total. The fourth-order valence-corrected chi connectivity index (χ4v) is 2.91. The number of amides is 2. The molecule has 0 fully saturated rings. The van der Waals surface area contributed by atoms with E-state index in [2.05, 4.69) is 15.5 Å². The maximum atomic E-state index is 12.4. The van der Waals surface area contributed by atoms with Crippen LogP contribution in [0.25, 0.3) is 0 Å². The summed E-state index contributed by atoms with van der Waals surface area (Å²) in [7, 11) is 3.40. The first-order chi connectivity index (χ1) is 13.9. The number of anilines is 1. The zero-order valence-corrected chi connectivity index (χ0v) is 17.0. The minimum atomic E-state index is -0.241. The summed E-state index contributed by atoms with van der Waals surface area (Å²) in [4.78, 5) is 30.5. The lowest BCUT2D eigenvalue weighted by atomic mass is 10.2. The summed E-state index contributed by atoms with van der Waals surface area (Å²) in [6, 6.07) is 13.8. The van der Waals surface area contributed by atoms with Crippen molar-refractivity contribution in [2.75, 3.05) is 19.4 Å². The SMILES string of the molecule is Cc1nc(COc2ccc(C(=O)Nc3ccc(SC(=O)N(C)C)cc3)cc2)no1. The summed E-state index contributed by atoms with van der Waals surface area (Å²) in [6.07, 6.45) is 0. The van der Waals surface area contributed by atoms with E-state index >= 15 is 0 Å². The van der Waals surface area contributed by atoms with Crippen LogP contribution in [-0.4, -0.2) is 40.3 Å². The van der Waals surface area contributed by atoms with Crippen LogP contribution in [0.15, 0.2) is 57.9 Å². The number of aromatic nitrogens is 2. The molecule has 0 bridgehead atoms. The number of carbonyl (C=O) groups excluding carboxylic acids is 2. The highest BCUT2D eigenvalue weighted by atomic mass is 32.2. The second-order valence-electron chi connectivity index (χ2n) is 6.28. The van der Waals surface area contributed by atoms with Gasteiger partial charge in [0.1, 0.15) is 5.75 Å². The van der Waals surface area contributed by atoms with Gasteiger partial charge in [-0.2, -0.15) is 4.98 Å². The van der Waals surface area contributed by atoms with Crippen LogP contribution < -0.4 is 10.1 Å². The van der Waals surface area contributed by atoms with Crippen molar-refractivity contribution in [1.29, 1.82) is 0 Å². The van der Waals surface area contributed by atoms with Gasteiger partial charge in [0.15, 0.2) is 6.61 Å². The predicted octanol–water partition coefficient (Wildman–Crippen LogP) is 3.98. The molecule has 0 saturated carbocycles. The Balaban J connectivity index is 1.54. The summed E-state index contributed by atoms with van der Waals surface area (Å²) in [5.74, 6) is 1.29. The molecule has 0 spiro atoms. The van der Waals surface area contributed by atoms with Gasteiger partial charge in [0, 0.05) is 37.2 Å². The molecule has 0 aliphatic carbocycles. The minimum Gasteiger partial charge on any atom is -0.485 e. The Morgan fingerprint density at radius 2 is 1.79 bits per heavy atom. The van der Waals surface area contributed by atoms with E-state index in [0.717, 1.165) is 16.7 Å². The Labute approximate surface area is 172 Å². The molecule has 9 heteroatoms. The lowest BCUT2D eigenvalue weighted by Crippen LogP contribution is -2.16. The highest BCUT2D eigenvalue weighted by molar-refractivity contribution is 8.13. The number of nitrogens with zero attached hydrogens (tertiary/aromatic N) is 3. The van der Waals surface area contributed by atoms with Gasteiger partial charge >= 0.3 is 0 Å². The first-order valence-corrected chi connectivity index (χ1v) is 9.55. The molecule has 1 aromatic heterocycles. The van der Waals surface area contributed by atoms with Gasteiger partial charge in [0.25, 0.3) is 11.1 Å². The topological polar surface area (TPSA) is 97.6 Å². The van der Waals surface area contributed by atoms with Crippen LogP contribution in [0.4, 0.5) is 10.5 Å². The molecule has 150 valence electrons. The number of aryl methyl sites for hydroxylation is 1. The highest BCUT2D eigenvalue weighted by Gasteiger charge is 2.09. The van der Waals surface area contributed by atoms with E-state index in [-0.39, 0.29) is 17.8 Å².